The van der Waals surface area contributed by atoms with Crippen molar-refractivity contribution in [2.24, 2.45) is 0 Å². The quantitative estimate of drug-likeness (QED) is 0.579. The summed E-state index contributed by atoms with van der Waals surface area (Å²) in [6.07, 6.45) is 0.738. The topological polar surface area (TPSA) is 57.7 Å². The van der Waals surface area contributed by atoms with E-state index in [1.165, 1.54) is 4.31 Å². The van der Waals surface area contributed by atoms with E-state index in [4.69, 9.17) is 0 Å². The number of hydrogen-bond donors (Lipinski definition) is 0. The van der Waals surface area contributed by atoms with E-state index in [2.05, 4.69) is 4.90 Å². The van der Waals surface area contributed by atoms with Gasteiger partial charge in [-0.1, -0.05) is 0 Å². The van der Waals surface area contributed by atoms with Crippen molar-refractivity contribution in [2.75, 3.05) is 39.0 Å². The third kappa shape index (κ3) is 3.04. The molecule has 82 valence electrons. The van der Waals surface area contributed by atoms with E-state index in [0.29, 0.717) is 19.4 Å². The Morgan fingerprint density at radius 1 is 1.21 bits per heavy atom. The average Bonchev–Trinajstić information content (AvgIpc) is 2.16. The highest BCUT2D eigenvalue weighted by molar-refractivity contribution is 7.89. The van der Waals surface area contributed by atoms with Crippen molar-refractivity contribution < 1.29 is 13.2 Å². The number of rotatable bonds is 4. The van der Waals surface area contributed by atoms with Crippen molar-refractivity contribution in [3.8, 4) is 0 Å². The second kappa shape index (κ2) is 4.86. The third-order valence-corrected chi connectivity index (χ3v) is 4.25. The summed E-state index contributed by atoms with van der Waals surface area (Å²) in [6, 6.07) is 0. The lowest BCUT2D eigenvalue weighted by molar-refractivity contribution is -0.107. The van der Waals surface area contributed by atoms with Crippen molar-refractivity contribution in [2.45, 2.75) is 6.42 Å². The minimum atomic E-state index is -3.19. The highest BCUT2D eigenvalue weighted by Gasteiger charge is 2.24. The molecule has 0 amide bonds. The predicted octanol–water partition coefficient (Wildman–Crippen LogP) is -0.847. The number of nitrogens with zero attached hydrogens (tertiary/aromatic N) is 2. The smallest absolute Gasteiger partial charge is 0.214 e. The summed E-state index contributed by atoms with van der Waals surface area (Å²) in [6.45, 7) is 2.61. The van der Waals surface area contributed by atoms with Gasteiger partial charge in [0, 0.05) is 32.6 Å². The van der Waals surface area contributed by atoms with E-state index in [1.807, 2.05) is 7.05 Å². The summed E-state index contributed by atoms with van der Waals surface area (Å²) in [4.78, 5) is 12.2. The molecule has 0 spiro atoms. The lowest BCUT2D eigenvalue weighted by Gasteiger charge is -2.31. The van der Waals surface area contributed by atoms with Crippen LogP contribution in [0, 0.1) is 0 Å². The van der Waals surface area contributed by atoms with Crippen LogP contribution in [-0.4, -0.2) is 62.9 Å². The van der Waals surface area contributed by atoms with E-state index < -0.39 is 10.0 Å². The van der Waals surface area contributed by atoms with Gasteiger partial charge >= 0.3 is 0 Å². The van der Waals surface area contributed by atoms with Gasteiger partial charge in [-0.15, -0.1) is 0 Å². The number of piperazine rings is 1. The van der Waals surface area contributed by atoms with Gasteiger partial charge in [0.2, 0.25) is 10.0 Å². The van der Waals surface area contributed by atoms with Gasteiger partial charge in [-0.3, -0.25) is 0 Å². The molecule has 0 atom stereocenters. The van der Waals surface area contributed by atoms with Gasteiger partial charge < -0.3 is 9.69 Å². The molecule has 0 aromatic rings. The standard InChI is InChI=1S/C8H16N2O3S/c1-9-3-5-10(6-4-9)14(12,13)8-2-7-11/h7H,2-6,8H2,1H3. The Hall–Kier alpha value is -0.460. The van der Waals surface area contributed by atoms with Gasteiger partial charge in [-0.2, -0.15) is 4.31 Å². The lowest BCUT2D eigenvalue weighted by atomic mass is 10.4. The minimum Gasteiger partial charge on any atom is -0.304 e. The van der Waals surface area contributed by atoms with Crippen LogP contribution in [0.4, 0.5) is 0 Å². The lowest BCUT2D eigenvalue weighted by Crippen LogP contribution is -2.47. The van der Waals surface area contributed by atoms with Crippen LogP contribution in [0.1, 0.15) is 6.42 Å². The van der Waals surface area contributed by atoms with E-state index >= 15 is 0 Å². The molecule has 5 nitrogen and oxygen atoms in total. The van der Waals surface area contributed by atoms with Gasteiger partial charge in [0.05, 0.1) is 5.75 Å². The molecule has 1 aliphatic heterocycles. The van der Waals surface area contributed by atoms with Crippen LogP contribution in [0.3, 0.4) is 0 Å². The fraction of sp³-hybridized carbons (Fsp3) is 0.875. The number of carbonyl (C=O) groups excluding carboxylic acids is 1. The molecule has 0 bridgehead atoms. The number of hydrogen-bond acceptors (Lipinski definition) is 4. The molecular weight excluding hydrogens is 204 g/mol. The van der Waals surface area contributed by atoms with E-state index in [9.17, 15) is 13.2 Å². The largest absolute Gasteiger partial charge is 0.304 e. The molecule has 1 rings (SSSR count). The first-order chi connectivity index (χ1) is 6.56. The van der Waals surface area contributed by atoms with E-state index in [-0.39, 0.29) is 12.2 Å². The predicted molar refractivity (Wildman–Crippen MR) is 53.5 cm³/mol. The zero-order valence-corrected chi connectivity index (χ0v) is 9.16. The third-order valence-electron chi connectivity index (χ3n) is 2.35. The zero-order chi connectivity index (χ0) is 10.6. The van der Waals surface area contributed by atoms with Gasteiger partial charge in [-0.05, 0) is 7.05 Å². The normalized spacial score (nSPS) is 20.9. The van der Waals surface area contributed by atoms with Crippen LogP contribution >= 0.6 is 0 Å². The Labute approximate surface area is 84.7 Å². The van der Waals surface area contributed by atoms with Gasteiger partial charge in [0.1, 0.15) is 6.29 Å². The second-order valence-corrected chi connectivity index (χ2v) is 5.56. The van der Waals surface area contributed by atoms with Crippen molar-refractivity contribution in [3.63, 3.8) is 0 Å². The molecule has 0 aromatic carbocycles. The van der Waals surface area contributed by atoms with Crippen LogP contribution in [0.25, 0.3) is 0 Å². The van der Waals surface area contributed by atoms with Crippen LogP contribution in [0.15, 0.2) is 0 Å². The number of carbonyl (C=O) groups is 1. The van der Waals surface area contributed by atoms with Crippen molar-refractivity contribution >= 4 is 16.3 Å². The molecule has 0 aliphatic carbocycles. The molecule has 14 heavy (non-hydrogen) atoms. The first kappa shape index (κ1) is 11.6. The monoisotopic (exact) mass is 220 g/mol. The molecule has 0 N–H and O–H groups in total. The number of aldehydes is 1. The summed E-state index contributed by atoms with van der Waals surface area (Å²) in [5.74, 6) is -0.0553. The maximum atomic E-state index is 11.6. The zero-order valence-electron chi connectivity index (χ0n) is 8.35. The average molecular weight is 220 g/mol. The molecule has 0 radical (unpaired) electrons. The molecule has 0 aromatic heterocycles. The Balaban J connectivity index is 2.51. The Morgan fingerprint density at radius 3 is 2.29 bits per heavy atom. The highest BCUT2D eigenvalue weighted by atomic mass is 32.2. The van der Waals surface area contributed by atoms with Crippen LogP contribution < -0.4 is 0 Å². The molecule has 1 aliphatic rings. The van der Waals surface area contributed by atoms with E-state index in [1.54, 1.807) is 0 Å². The fourth-order valence-electron chi connectivity index (χ4n) is 1.39. The summed E-state index contributed by atoms with van der Waals surface area (Å²) in [5, 5.41) is 0. The van der Waals surface area contributed by atoms with Crippen LogP contribution in [0.5, 0.6) is 0 Å². The molecule has 1 saturated heterocycles. The summed E-state index contributed by atoms with van der Waals surface area (Å²) >= 11 is 0. The van der Waals surface area contributed by atoms with Crippen molar-refractivity contribution in [1.29, 1.82) is 0 Å². The first-order valence-electron chi connectivity index (χ1n) is 4.66. The molecular formula is C8H16N2O3S. The summed E-state index contributed by atoms with van der Waals surface area (Å²) in [7, 11) is -1.23. The number of likely N-dealkylation sites (N-methyl/N-ethyl adjacent to an activating group) is 1. The second-order valence-electron chi connectivity index (χ2n) is 3.47. The summed E-state index contributed by atoms with van der Waals surface area (Å²) in [5.41, 5.74) is 0. The van der Waals surface area contributed by atoms with Crippen LogP contribution in [0.2, 0.25) is 0 Å². The maximum Gasteiger partial charge on any atom is 0.214 e. The first-order valence-corrected chi connectivity index (χ1v) is 6.27. The van der Waals surface area contributed by atoms with E-state index in [0.717, 1.165) is 13.1 Å². The minimum absolute atomic E-state index is 0.0553. The molecule has 0 unspecified atom stereocenters. The van der Waals surface area contributed by atoms with Gasteiger partial charge in [0.25, 0.3) is 0 Å². The Morgan fingerprint density at radius 2 is 1.79 bits per heavy atom. The number of sulfonamides is 1. The Bertz CT molecular complexity index is 281. The SMILES string of the molecule is CN1CCN(S(=O)(=O)CCC=O)CC1. The van der Waals surface area contributed by atoms with Crippen molar-refractivity contribution in [3.05, 3.63) is 0 Å². The van der Waals surface area contributed by atoms with Gasteiger partial charge in [0.15, 0.2) is 0 Å². The molecule has 1 fully saturated rings. The molecule has 1 heterocycles. The van der Waals surface area contributed by atoms with Crippen LogP contribution in [-0.2, 0) is 14.8 Å². The van der Waals surface area contributed by atoms with Gasteiger partial charge in [-0.25, -0.2) is 8.42 Å². The molecule has 6 heteroatoms. The summed E-state index contributed by atoms with van der Waals surface area (Å²) < 4.78 is 24.7. The highest BCUT2D eigenvalue weighted by Crippen LogP contribution is 2.07. The molecule has 0 saturated carbocycles. The van der Waals surface area contributed by atoms with Crippen molar-refractivity contribution in [1.82, 2.24) is 9.21 Å². The fourth-order valence-corrected chi connectivity index (χ4v) is 2.76. The maximum absolute atomic E-state index is 11.6. The Kier molecular flexibility index (Phi) is 4.03.